The molecule has 50 valence electrons. The molecular formula is C7H10O2. The zero-order chi connectivity index (χ0) is 6.69. The van der Waals surface area contributed by atoms with Gasteiger partial charge in [0.05, 0.1) is 12.4 Å². The van der Waals surface area contributed by atoms with Crippen molar-refractivity contribution in [2.24, 2.45) is 0 Å². The summed E-state index contributed by atoms with van der Waals surface area (Å²) in [6.45, 7) is 3.41. The van der Waals surface area contributed by atoms with Gasteiger partial charge in [0.25, 0.3) is 0 Å². The van der Waals surface area contributed by atoms with Crippen LogP contribution in [0.1, 0.15) is 6.42 Å². The highest BCUT2D eigenvalue weighted by Gasteiger charge is 2.15. The summed E-state index contributed by atoms with van der Waals surface area (Å²) in [6.07, 6.45) is 5.34. The first-order chi connectivity index (χ1) is 4.33. The lowest BCUT2D eigenvalue weighted by Crippen LogP contribution is -2.07. The van der Waals surface area contributed by atoms with E-state index in [1.54, 1.807) is 6.08 Å². The van der Waals surface area contributed by atoms with Crippen LogP contribution in [0, 0.1) is 0 Å². The van der Waals surface area contributed by atoms with Gasteiger partial charge in [-0.1, -0.05) is 12.7 Å². The van der Waals surface area contributed by atoms with E-state index in [0.717, 1.165) is 0 Å². The van der Waals surface area contributed by atoms with Crippen LogP contribution in [0.3, 0.4) is 0 Å². The zero-order valence-corrected chi connectivity index (χ0v) is 5.16. The number of hydrogen-bond donors (Lipinski definition) is 1. The first kappa shape index (κ1) is 6.36. The maximum absolute atomic E-state index is 8.93. The van der Waals surface area contributed by atoms with Crippen LogP contribution in [0.2, 0.25) is 0 Å². The molecule has 0 aliphatic heterocycles. The van der Waals surface area contributed by atoms with E-state index in [1.807, 2.05) is 6.08 Å². The summed E-state index contributed by atoms with van der Waals surface area (Å²) < 4.78 is 4.99. The summed E-state index contributed by atoms with van der Waals surface area (Å²) in [5.41, 5.74) is 0. The van der Waals surface area contributed by atoms with Crippen molar-refractivity contribution in [3.63, 3.8) is 0 Å². The Balaban J connectivity index is 2.31. The molecule has 0 radical (unpaired) electrons. The van der Waals surface area contributed by atoms with Crippen LogP contribution in [0.15, 0.2) is 25.0 Å². The third-order valence-corrected chi connectivity index (χ3v) is 1.29. The Morgan fingerprint density at radius 1 is 1.67 bits per heavy atom. The van der Waals surface area contributed by atoms with Crippen LogP contribution < -0.4 is 0 Å². The smallest absolute Gasteiger partial charge is 0.119 e. The minimum atomic E-state index is -0.324. The van der Waals surface area contributed by atoms with Gasteiger partial charge in [0, 0.05) is 6.42 Å². The van der Waals surface area contributed by atoms with Crippen molar-refractivity contribution in [3.8, 4) is 0 Å². The van der Waals surface area contributed by atoms with Gasteiger partial charge < -0.3 is 9.84 Å². The first-order valence-electron chi connectivity index (χ1n) is 2.95. The minimum Gasteiger partial charge on any atom is -0.494 e. The van der Waals surface area contributed by atoms with Gasteiger partial charge in [0.2, 0.25) is 0 Å². The van der Waals surface area contributed by atoms with Crippen LogP contribution >= 0.6 is 0 Å². The molecule has 9 heavy (non-hydrogen) atoms. The van der Waals surface area contributed by atoms with Crippen LogP contribution in [-0.4, -0.2) is 17.3 Å². The van der Waals surface area contributed by atoms with E-state index in [1.165, 1.54) is 6.26 Å². The Morgan fingerprint density at radius 2 is 2.44 bits per heavy atom. The normalized spacial score (nSPS) is 32.6. The summed E-state index contributed by atoms with van der Waals surface area (Å²) >= 11 is 0. The van der Waals surface area contributed by atoms with E-state index in [-0.39, 0.29) is 12.2 Å². The van der Waals surface area contributed by atoms with E-state index >= 15 is 0 Å². The average molecular weight is 126 g/mol. The van der Waals surface area contributed by atoms with Crippen LogP contribution in [-0.2, 0) is 4.74 Å². The molecule has 0 saturated heterocycles. The Hall–Kier alpha value is -0.760. The second kappa shape index (κ2) is 2.69. The standard InChI is InChI=1S/C7H10O2/c1-2-9-7-4-3-6(8)5-7/h2-4,6-8H,1,5H2/t6-,7+/m0/s1. The van der Waals surface area contributed by atoms with Gasteiger partial charge in [0.15, 0.2) is 0 Å². The lowest BCUT2D eigenvalue weighted by Gasteiger charge is -2.06. The van der Waals surface area contributed by atoms with Crippen molar-refractivity contribution < 1.29 is 9.84 Å². The van der Waals surface area contributed by atoms with Gasteiger partial charge in [-0.05, 0) is 6.08 Å². The summed E-state index contributed by atoms with van der Waals surface area (Å²) in [7, 11) is 0. The van der Waals surface area contributed by atoms with Gasteiger partial charge in [-0.15, -0.1) is 0 Å². The minimum absolute atomic E-state index is 0.0394. The molecule has 0 heterocycles. The molecule has 0 saturated carbocycles. The molecule has 0 aromatic carbocycles. The number of hydrogen-bond acceptors (Lipinski definition) is 2. The number of aliphatic hydroxyl groups excluding tert-OH is 1. The van der Waals surface area contributed by atoms with Gasteiger partial charge in [-0.25, -0.2) is 0 Å². The predicted octanol–water partition coefficient (Wildman–Crippen LogP) is 0.836. The highest BCUT2D eigenvalue weighted by atomic mass is 16.5. The summed E-state index contributed by atoms with van der Waals surface area (Å²) in [6, 6.07) is 0. The SMILES string of the molecule is C=CO[C@@H]1C=C[C@H](O)C1. The van der Waals surface area contributed by atoms with E-state index < -0.39 is 0 Å². The molecule has 0 fully saturated rings. The molecule has 0 aromatic heterocycles. The zero-order valence-electron chi connectivity index (χ0n) is 5.16. The van der Waals surface area contributed by atoms with E-state index in [9.17, 15) is 0 Å². The maximum atomic E-state index is 8.93. The highest BCUT2D eigenvalue weighted by molar-refractivity contribution is 5.04. The highest BCUT2D eigenvalue weighted by Crippen LogP contribution is 2.13. The Labute approximate surface area is 54.5 Å². The van der Waals surface area contributed by atoms with Crippen molar-refractivity contribution in [1.82, 2.24) is 0 Å². The molecule has 1 aliphatic carbocycles. The van der Waals surface area contributed by atoms with Crippen molar-refractivity contribution in [1.29, 1.82) is 0 Å². The fraction of sp³-hybridized carbons (Fsp3) is 0.429. The Morgan fingerprint density at radius 3 is 2.89 bits per heavy atom. The van der Waals surface area contributed by atoms with Crippen LogP contribution in [0.4, 0.5) is 0 Å². The predicted molar refractivity (Wildman–Crippen MR) is 34.8 cm³/mol. The van der Waals surface area contributed by atoms with Crippen molar-refractivity contribution >= 4 is 0 Å². The molecule has 2 atom stereocenters. The topological polar surface area (TPSA) is 29.5 Å². The number of rotatable bonds is 2. The Kier molecular flexibility index (Phi) is 1.90. The lowest BCUT2D eigenvalue weighted by atomic mass is 10.3. The molecule has 1 rings (SSSR count). The maximum Gasteiger partial charge on any atom is 0.119 e. The molecule has 1 aliphatic rings. The molecule has 1 N–H and O–H groups in total. The fourth-order valence-corrected chi connectivity index (χ4v) is 0.872. The molecule has 0 amide bonds. The molecule has 0 aromatic rings. The summed E-state index contributed by atoms with van der Waals surface area (Å²) in [5, 5.41) is 8.93. The van der Waals surface area contributed by atoms with E-state index in [2.05, 4.69) is 6.58 Å². The van der Waals surface area contributed by atoms with Crippen molar-refractivity contribution in [3.05, 3.63) is 25.0 Å². The van der Waals surface area contributed by atoms with Gasteiger partial charge in [-0.2, -0.15) is 0 Å². The summed E-state index contributed by atoms with van der Waals surface area (Å²) in [4.78, 5) is 0. The molecule has 0 spiro atoms. The molecular weight excluding hydrogens is 116 g/mol. The van der Waals surface area contributed by atoms with E-state index in [0.29, 0.717) is 6.42 Å². The van der Waals surface area contributed by atoms with Crippen LogP contribution in [0.25, 0.3) is 0 Å². The second-order valence-electron chi connectivity index (χ2n) is 2.03. The number of ether oxygens (including phenoxy) is 1. The molecule has 0 bridgehead atoms. The third-order valence-electron chi connectivity index (χ3n) is 1.29. The third kappa shape index (κ3) is 1.57. The molecule has 0 unspecified atom stereocenters. The van der Waals surface area contributed by atoms with Gasteiger partial charge in [0.1, 0.15) is 6.10 Å². The average Bonchev–Trinajstić information content (AvgIpc) is 2.17. The lowest BCUT2D eigenvalue weighted by molar-refractivity contribution is 0.135. The molecule has 2 nitrogen and oxygen atoms in total. The fourth-order valence-electron chi connectivity index (χ4n) is 0.872. The van der Waals surface area contributed by atoms with Crippen LogP contribution in [0.5, 0.6) is 0 Å². The molecule has 2 heteroatoms. The van der Waals surface area contributed by atoms with Gasteiger partial charge >= 0.3 is 0 Å². The quantitative estimate of drug-likeness (QED) is 0.438. The van der Waals surface area contributed by atoms with Crippen molar-refractivity contribution in [2.45, 2.75) is 18.6 Å². The number of aliphatic hydroxyl groups is 1. The first-order valence-corrected chi connectivity index (χ1v) is 2.95. The monoisotopic (exact) mass is 126 g/mol. The van der Waals surface area contributed by atoms with E-state index in [4.69, 9.17) is 9.84 Å². The van der Waals surface area contributed by atoms with Gasteiger partial charge in [-0.3, -0.25) is 0 Å². The second-order valence-corrected chi connectivity index (χ2v) is 2.03. The Bertz CT molecular complexity index is 129. The summed E-state index contributed by atoms with van der Waals surface area (Å²) in [5.74, 6) is 0. The van der Waals surface area contributed by atoms with Crippen molar-refractivity contribution in [2.75, 3.05) is 0 Å². The largest absolute Gasteiger partial charge is 0.494 e.